The molecule has 4 rings (SSSR count). The van der Waals surface area contributed by atoms with Crippen LogP contribution >= 0.6 is 0 Å². The minimum atomic E-state index is -3.41. The van der Waals surface area contributed by atoms with Gasteiger partial charge >= 0.3 is 12.0 Å². The van der Waals surface area contributed by atoms with Crippen LogP contribution in [0.1, 0.15) is 85.3 Å². The number of amides is 2. The van der Waals surface area contributed by atoms with Gasteiger partial charge in [-0.1, -0.05) is 43.5 Å². The van der Waals surface area contributed by atoms with Crippen molar-refractivity contribution in [1.29, 1.82) is 0 Å². The highest BCUT2D eigenvalue weighted by Gasteiger charge is 2.49. The Labute approximate surface area is 213 Å². The molecule has 0 aliphatic heterocycles. The standard InChI is InChI=1S/C28H36N2O5S/c1-35-25(31)21-11-9-20(10-12-21)24(30-26(29)32)28(22-7-6-8-23(19-22)36(2,33)34)17-15-27(16-18-28)13-4-3-5-14-27/h6-12,19,24H,3-5,13-18H2,1-2H3,(H3,29,30,32). The zero-order chi connectivity index (χ0) is 26.0. The predicted octanol–water partition coefficient (Wildman–Crippen LogP) is 5.05. The van der Waals surface area contributed by atoms with Gasteiger partial charge in [0, 0.05) is 11.7 Å². The van der Waals surface area contributed by atoms with Crippen molar-refractivity contribution in [2.75, 3.05) is 13.4 Å². The number of carbonyl (C=O) groups excluding carboxylic acids is 2. The molecule has 1 spiro atoms. The van der Waals surface area contributed by atoms with Gasteiger partial charge in [-0.2, -0.15) is 0 Å². The van der Waals surface area contributed by atoms with Crippen molar-refractivity contribution in [2.24, 2.45) is 11.1 Å². The van der Waals surface area contributed by atoms with Gasteiger partial charge in [0.25, 0.3) is 0 Å². The second-order valence-corrected chi connectivity index (χ2v) is 12.6. The van der Waals surface area contributed by atoms with Crippen LogP contribution in [0.15, 0.2) is 53.4 Å². The maximum atomic E-state index is 12.4. The number of hydrogen-bond donors (Lipinski definition) is 2. The Morgan fingerprint density at radius 2 is 1.58 bits per heavy atom. The summed E-state index contributed by atoms with van der Waals surface area (Å²) in [6.07, 6.45) is 11.0. The summed E-state index contributed by atoms with van der Waals surface area (Å²) in [6, 6.07) is 13.0. The van der Waals surface area contributed by atoms with Gasteiger partial charge in [-0.15, -0.1) is 0 Å². The summed E-state index contributed by atoms with van der Waals surface area (Å²) >= 11 is 0. The number of ether oxygens (including phenoxy) is 1. The number of methoxy groups -OCH3 is 1. The van der Waals surface area contributed by atoms with Gasteiger partial charge in [-0.3, -0.25) is 0 Å². The number of esters is 1. The van der Waals surface area contributed by atoms with E-state index in [2.05, 4.69) is 5.32 Å². The Morgan fingerprint density at radius 3 is 2.14 bits per heavy atom. The molecule has 2 aliphatic carbocycles. The van der Waals surface area contributed by atoms with Gasteiger partial charge in [-0.25, -0.2) is 18.0 Å². The van der Waals surface area contributed by atoms with Gasteiger partial charge in [0.05, 0.1) is 23.6 Å². The summed E-state index contributed by atoms with van der Waals surface area (Å²) in [7, 11) is -2.08. The Kier molecular flexibility index (Phi) is 7.46. The number of benzene rings is 2. The molecule has 2 amide bonds. The molecule has 2 aromatic rings. The number of sulfone groups is 1. The number of hydrogen-bond acceptors (Lipinski definition) is 5. The SMILES string of the molecule is COC(=O)c1ccc(C(NC(N)=O)C2(c3cccc(S(C)(=O)=O)c3)CCC3(CCCCC3)CC2)cc1. The van der Waals surface area contributed by atoms with Crippen LogP contribution in [0.4, 0.5) is 4.79 Å². The van der Waals surface area contributed by atoms with E-state index < -0.39 is 33.3 Å². The van der Waals surface area contributed by atoms with E-state index in [0.29, 0.717) is 11.0 Å². The number of carbonyl (C=O) groups is 2. The molecule has 194 valence electrons. The van der Waals surface area contributed by atoms with Gasteiger partial charge < -0.3 is 15.8 Å². The summed E-state index contributed by atoms with van der Waals surface area (Å²) in [5.74, 6) is -0.437. The fourth-order valence-electron chi connectivity index (χ4n) is 6.42. The van der Waals surface area contributed by atoms with Crippen molar-refractivity contribution >= 4 is 21.8 Å². The van der Waals surface area contributed by atoms with Crippen LogP contribution in [0.5, 0.6) is 0 Å². The monoisotopic (exact) mass is 512 g/mol. The Balaban J connectivity index is 1.82. The quantitative estimate of drug-likeness (QED) is 0.526. The Bertz CT molecular complexity index is 1210. The zero-order valence-corrected chi connectivity index (χ0v) is 21.9. The molecular formula is C28H36N2O5S. The van der Waals surface area contributed by atoms with Crippen LogP contribution < -0.4 is 11.1 Å². The first-order valence-corrected chi connectivity index (χ1v) is 14.5. The lowest BCUT2D eigenvalue weighted by Crippen LogP contribution is -2.49. The van der Waals surface area contributed by atoms with Crippen LogP contribution in [0, 0.1) is 5.41 Å². The highest BCUT2D eigenvalue weighted by molar-refractivity contribution is 7.90. The van der Waals surface area contributed by atoms with E-state index in [9.17, 15) is 18.0 Å². The number of nitrogens with two attached hydrogens (primary N) is 1. The van der Waals surface area contributed by atoms with Gasteiger partial charge in [0.15, 0.2) is 9.84 Å². The van der Waals surface area contributed by atoms with Crippen molar-refractivity contribution in [2.45, 2.75) is 74.1 Å². The molecule has 0 saturated heterocycles. The largest absolute Gasteiger partial charge is 0.465 e. The average Bonchev–Trinajstić information content (AvgIpc) is 2.88. The van der Waals surface area contributed by atoms with E-state index in [-0.39, 0.29) is 4.90 Å². The minimum absolute atomic E-state index is 0.260. The van der Waals surface area contributed by atoms with E-state index in [0.717, 1.165) is 36.8 Å². The molecule has 0 radical (unpaired) electrons. The number of nitrogens with one attached hydrogen (secondary N) is 1. The van der Waals surface area contributed by atoms with Crippen LogP contribution in [-0.2, 0) is 20.0 Å². The third-order valence-corrected chi connectivity index (χ3v) is 9.57. The van der Waals surface area contributed by atoms with Crippen molar-refractivity contribution in [1.82, 2.24) is 5.32 Å². The first-order chi connectivity index (χ1) is 17.1. The van der Waals surface area contributed by atoms with Crippen molar-refractivity contribution in [3.8, 4) is 0 Å². The van der Waals surface area contributed by atoms with Crippen LogP contribution in [-0.4, -0.2) is 33.8 Å². The Hall–Kier alpha value is -2.87. The molecule has 2 aromatic carbocycles. The van der Waals surface area contributed by atoms with Crippen LogP contribution in [0.3, 0.4) is 0 Å². The molecule has 0 aromatic heterocycles. The molecule has 1 atom stereocenters. The van der Waals surface area contributed by atoms with E-state index in [4.69, 9.17) is 10.5 Å². The maximum Gasteiger partial charge on any atom is 0.337 e. The first-order valence-electron chi connectivity index (χ1n) is 12.6. The molecular weight excluding hydrogens is 476 g/mol. The van der Waals surface area contributed by atoms with E-state index in [1.165, 1.54) is 45.5 Å². The zero-order valence-electron chi connectivity index (χ0n) is 21.1. The summed E-state index contributed by atoms with van der Waals surface area (Å²) in [5, 5.41) is 2.99. The minimum Gasteiger partial charge on any atom is -0.465 e. The summed E-state index contributed by atoms with van der Waals surface area (Å²) in [6.45, 7) is 0. The molecule has 2 saturated carbocycles. The summed E-state index contributed by atoms with van der Waals surface area (Å²) in [4.78, 5) is 24.5. The molecule has 7 nitrogen and oxygen atoms in total. The van der Waals surface area contributed by atoms with Crippen molar-refractivity contribution in [3.05, 3.63) is 65.2 Å². The average molecular weight is 513 g/mol. The second kappa shape index (κ2) is 10.2. The van der Waals surface area contributed by atoms with Gasteiger partial charge in [0.1, 0.15) is 0 Å². The van der Waals surface area contributed by atoms with Crippen LogP contribution in [0.25, 0.3) is 0 Å². The topological polar surface area (TPSA) is 116 Å². The van der Waals surface area contributed by atoms with E-state index in [1.54, 1.807) is 30.3 Å². The fourth-order valence-corrected chi connectivity index (χ4v) is 7.09. The number of rotatable bonds is 6. The summed E-state index contributed by atoms with van der Waals surface area (Å²) in [5.41, 5.74) is 7.55. The van der Waals surface area contributed by atoms with E-state index in [1.807, 2.05) is 18.2 Å². The molecule has 8 heteroatoms. The van der Waals surface area contributed by atoms with Crippen LogP contribution in [0.2, 0.25) is 0 Å². The molecule has 1 unspecified atom stereocenters. The molecule has 2 aliphatic rings. The molecule has 0 bridgehead atoms. The predicted molar refractivity (Wildman–Crippen MR) is 138 cm³/mol. The second-order valence-electron chi connectivity index (χ2n) is 10.6. The molecule has 36 heavy (non-hydrogen) atoms. The highest BCUT2D eigenvalue weighted by Crippen LogP contribution is 2.57. The Morgan fingerprint density at radius 1 is 0.944 bits per heavy atom. The maximum absolute atomic E-state index is 12.4. The molecule has 3 N–H and O–H groups in total. The van der Waals surface area contributed by atoms with Gasteiger partial charge in [0.2, 0.25) is 0 Å². The highest BCUT2D eigenvalue weighted by atomic mass is 32.2. The van der Waals surface area contributed by atoms with E-state index >= 15 is 0 Å². The lowest BCUT2D eigenvalue weighted by atomic mass is 9.54. The third kappa shape index (κ3) is 5.28. The normalized spacial score (nSPS) is 19.8. The van der Waals surface area contributed by atoms with Crippen molar-refractivity contribution in [3.63, 3.8) is 0 Å². The van der Waals surface area contributed by atoms with Crippen molar-refractivity contribution < 1.29 is 22.7 Å². The van der Waals surface area contributed by atoms with Gasteiger partial charge in [-0.05, 0) is 79.3 Å². The summed E-state index contributed by atoms with van der Waals surface area (Å²) < 4.78 is 29.7. The number of primary amides is 1. The third-order valence-electron chi connectivity index (χ3n) is 8.46. The first kappa shape index (κ1) is 26.2. The molecule has 2 fully saturated rings. The fraction of sp³-hybridized carbons (Fsp3) is 0.500. The number of urea groups is 1. The smallest absolute Gasteiger partial charge is 0.337 e. The molecule has 0 heterocycles. The lowest BCUT2D eigenvalue weighted by Gasteiger charge is -2.52. The lowest BCUT2D eigenvalue weighted by molar-refractivity contribution is 0.0599.